The number of rotatable bonds is 8. The first-order valence-electron chi connectivity index (χ1n) is 12.1. The molecule has 5 rings (SSSR count). The number of hydrogen-bond acceptors (Lipinski definition) is 7. The molecule has 10 heteroatoms. The third-order valence-electron chi connectivity index (χ3n) is 6.45. The molecule has 198 valence electrons. The predicted molar refractivity (Wildman–Crippen MR) is 149 cm³/mol. The van der Waals surface area contributed by atoms with Crippen LogP contribution in [-0.4, -0.2) is 56.5 Å². The Hall–Kier alpha value is -3.50. The van der Waals surface area contributed by atoms with Gasteiger partial charge in [0.05, 0.1) is 38.2 Å². The first-order chi connectivity index (χ1) is 18.3. The van der Waals surface area contributed by atoms with Crippen LogP contribution in [0, 0.1) is 0 Å². The first kappa shape index (κ1) is 26.1. The molecule has 8 nitrogen and oxygen atoms in total. The Morgan fingerprint density at radius 1 is 0.947 bits per heavy atom. The summed E-state index contributed by atoms with van der Waals surface area (Å²) >= 11 is 1.35. The minimum atomic E-state index is -3.16. The zero-order valence-corrected chi connectivity index (χ0v) is 22.7. The number of thioether (sulfide) groups is 1. The Balaban J connectivity index is 1.35. The van der Waals surface area contributed by atoms with Gasteiger partial charge in [0.1, 0.15) is 12.4 Å². The van der Waals surface area contributed by atoms with E-state index in [0.29, 0.717) is 29.0 Å². The molecule has 0 unspecified atom stereocenters. The largest absolute Gasteiger partial charge is 0.493 e. The van der Waals surface area contributed by atoms with Gasteiger partial charge in [-0.15, -0.1) is 0 Å². The smallest absolute Gasteiger partial charge is 0.252 e. The van der Waals surface area contributed by atoms with Crippen LogP contribution in [0.1, 0.15) is 11.1 Å². The third kappa shape index (κ3) is 5.81. The van der Waals surface area contributed by atoms with Crippen LogP contribution < -0.4 is 19.1 Å². The van der Waals surface area contributed by atoms with E-state index in [9.17, 15) is 13.2 Å². The number of nitrogens with zero attached hydrogens (tertiary/aromatic N) is 2. The predicted octanol–water partition coefficient (Wildman–Crippen LogP) is 4.13. The highest BCUT2D eigenvalue weighted by molar-refractivity contribution is 8.16. The first-order valence-corrected chi connectivity index (χ1v) is 14.8. The number of hydrogen-bond donors (Lipinski definition) is 0. The van der Waals surface area contributed by atoms with E-state index in [1.807, 2.05) is 59.5 Å². The van der Waals surface area contributed by atoms with E-state index >= 15 is 0 Å². The molecule has 0 saturated carbocycles. The lowest BCUT2D eigenvalue weighted by atomic mass is 10.1. The van der Waals surface area contributed by atoms with Gasteiger partial charge >= 0.3 is 0 Å². The fraction of sp³-hybridized carbons (Fsp3) is 0.286. The van der Waals surface area contributed by atoms with Gasteiger partial charge in [-0.05, 0) is 47.5 Å². The highest BCUT2D eigenvalue weighted by Gasteiger charge is 2.49. The van der Waals surface area contributed by atoms with Crippen molar-refractivity contribution in [2.24, 2.45) is 4.99 Å². The molecule has 0 aliphatic carbocycles. The molecule has 1 amide bonds. The molecule has 2 fully saturated rings. The number of aliphatic imine (C=N–C) groups is 1. The molecule has 0 spiro atoms. The summed E-state index contributed by atoms with van der Waals surface area (Å²) in [5, 5.41) is 0.333. The zero-order chi connectivity index (χ0) is 26.7. The third-order valence-corrected chi connectivity index (χ3v) is 9.66. The molecule has 2 aliphatic heterocycles. The summed E-state index contributed by atoms with van der Waals surface area (Å²) in [5.74, 6) is 1.59. The van der Waals surface area contributed by atoms with E-state index in [4.69, 9.17) is 14.2 Å². The molecule has 2 heterocycles. The molecule has 0 N–H and O–H groups in total. The molecule has 3 aromatic rings. The summed E-state index contributed by atoms with van der Waals surface area (Å²) in [6.07, 6.45) is 0.0815. The minimum absolute atomic E-state index is 0.0276. The van der Waals surface area contributed by atoms with Gasteiger partial charge in [0.25, 0.3) is 5.91 Å². The van der Waals surface area contributed by atoms with E-state index in [2.05, 4.69) is 4.99 Å². The average molecular weight is 553 g/mol. The van der Waals surface area contributed by atoms with Crippen molar-refractivity contribution < 1.29 is 27.4 Å². The van der Waals surface area contributed by atoms with Gasteiger partial charge in [0, 0.05) is 10.9 Å². The van der Waals surface area contributed by atoms with E-state index in [0.717, 1.165) is 16.8 Å². The SMILES string of the molecule is COc1ccc(CC(=O)N=C2S[C@@H]3CS(=O)(=O)C[C@H]3N2c2ccc(OCc3ccccc3)cc2)cc1OC. The molecule has 2 atom stereocenters. The molecule has 38 heavy (non-hydrogen) atoms. The maximum atomic E-state index is 13.0. The number of amidine groups is 1. The van der Waals surface area contributed by atoms with Crippen LogP contribution in [0.4, 0.5) is 5.69 Å². The Morgan fingerprint density at radius 3 is 2.39 bits per heavy atom. The second-order valence-electron chi connectivity index (χ2n) is 9.09. The van der Waals surface area contributed by atoms with Gasteiger partial charge < -0.3 is 19.1 Å². The maximum absolute atomic E-state index is 13.0. The molecule has 2 aliphatic rings. The van der Waals surface area contributed by atoms with E-state index < -0.39 is 9.84 Å². The Bertz CT molecular complexity index is 1440. The number of methoxy groups -OCH3 is 2. The lowest BCUT2D eigenvalue weighted by Gasteiger charge is -2.24. The molecular weight excluding hydrogens is 524 g/mol. The maximum Gasteiger partial charge on any atom is 0.252 e. The summed E-state index contributed by atoms with van der Waals surface area (Å²) in [6.45, 7) is 0.444. The van der Waals surface area contributed by atoms with Crippen molar-refractivity contribution in [3.63, 3.8) is 0 Å². The summed E-state index contributed by atoms with van der Waals surface area (Å²) in [6, 6.07) is 22.4. The van der Waals surface area contributed by atoms with Crippen molar-refractivity contribution in [3.8, 4) is 17.2 Å². The average Bonchev–Trinajstić information content (AvgIpc) is 3.38. The molecule has 0 radical (unpaired) electrons. The van der Waals surface area contributed by atoms with Crippen molar-refractivity contribution in [2.45, 2.75) is 24.3 Å². The van der Waals surface area contributed by atoms with Crippen molar-refractivity contribution in [3.05, 3.63) is 83.9 Å². The number of carbonyl (C=O) groups excluding carboxylic acids is 1. The standard InChI is InChI=1S/C28H28N2O6S2/c1-34-24-13-8-20(14-25(24)35-2)15-27(31)29-28-30(23-17-38(32,33)18-26(23)37-28)21-9-11-22(12-10-21)36-16-19-6-4-3-5-7-19/h3-14,23,26H,15-18H2,1-2H3/t23-,26-/m1/s1. The summed E-state index contributed by atoms with van der Waals surface area (Å²) in [7, 11) is -0.0632. The van der Waals surface area contributed by atoms with Crippen LogP contribution >= 0.6 is 11.8 Å². The van der Waals surface area contributed by atoms with Crippen molar-refractivity contribution in [1.82, 2.24) is 0 Å². The Morgan fingerprint density at radius 2 is 1.68 bits per heavy atom. The van der Waals surface area contributed by atoms with Crippen LogP contribution in [0.2, 0.25) is 0 Å². The number of amides is 1. The lowest BCUT2D eigenvalue weighted by Crippen LogP contribution is -2.37. The normalized spacial score (nSPS) is 20.8. The number of fused-ring (bicyclic) bond motifs is 1. The van der Waals surface area contributed by atoms with Crippen molar-refractivity contribution in [2.75, 3.05) is 30.6 Å². The van der Waals surface area contributed by atoms with Gasteiger partial charge in [0.2, 0.25) is 0 Å². The molecule has 3 aromatic carbocycles. The zero-order valence-electron chi connectivity index (χ0n) is 21.1. The number of anilines is 1. The highest BCUT2D eigenvalue weighted by Crippen LogP contribution is 2.41. The van der Waals surface area contributed by atoms with Crippen LogP contribution in [0.3, 0.4) is 0 Å². The quantitative estimate of drug-likeness (QED) is 0.412. The Kier molecular flexibility index (Phi) is 7.62. The van der Waals surface area contributed by atoms with Crippen LogP contribution in [0.15, 0.2) is 77.8 Å². The number of carbonyl (C=O) groups is 1. The lowest BCUT2D eigenvalue weighted by molar-refractivity contribution is -0.117. The summed E-state index contributed by atoms with van der Waals surface area (Å²) < 4.78 is 41.3. The number of benzene rings is 3. The Labute approximate surface area is 226 Å². The van der Waals surface area contributed by atoms with E-state index in [1.165, 1.54) is 11.8 Å². The fourth-order valence-corrected chi connectivity index (χ4v) is 8.55. The molecule has 2 saturated heterocycles. The molecule has 0 bridgehead atoms. The van der Waals surface area contributed by atoms with Gasteiger partial charge in [-0.25, -0.2) is 8.42 Å². The molecule has 0 aromatic heterocycles. The topological polar surface area (TPSA) is 94.5 Å². The van der Waals surface area contributed by atoms with Gasteiger partial charge in [-0.1, -0.05) is 48.2 Å². The molecular formula is C28H28N2O6S2. The van der Waals surface area contributed by atoms with E-state index in [1.54, 1.807) is 32.4 Å². The second-order valence-corrected chi connectivity index (χ2v) is 12.5. The van der Waals surface area contributed by atoms with Gasteiger partial charge in [0.15, 0.2) is 26.5 Å². The fourth-order valence-electron chi connectivity index (χ4n) is 4.62. The van der Waals surface area contributed by atoms with Gasteiger partial charge in [-0.2, -0.15) is 4.99 Å². The number of ether oxygens (including phenoxy) is 3. The van der Waals surface area contributed by atoms with Crippen LogP contribution in [0.5, 0.6) is 17.2 Å². The summed E-state index contributed by atoms with van der Waals surface area (Å²) in [4.78, 5) is 19.3. The van der Waals surface area contributed by atoms with Crippen LogP contribution in [0.25, 0.3) is 0 Å². The highest BCUT2D eigenvalue weighted by atomic mass is 32.2. The van der Waals surface area contributed by atoms with Crippen molar-refractivity contribution in [1.29, 1.82) is 0 Å². The minimum Gasteiger partial charge on any atom is -0.493 e. The van der Waals surface area contributed by atoms with Gasteiger partial charge in [-0.3, -0.25) is 4.79 Å². The van der Waals surface area contributed by atoms with Crippen molar-refractivity contribution >= 4 is 38.4 Å². The second kappa shape index (κ2) is 11.1. The summed E-state index contributed by atoms with van der Waals surface area (Å²) in [5.41, 5.74) is 2.58. The van der Waals surface area contributed by atoms with E-state index in [-0.39, 0.29) is 35.1 Å². The number of sulfone groups is 1. The monoisotopic (exact) mass is 552 g/mol. The van der Waals surface area contributed by atoms with Crippen LogP contribution in [-0.2, 0) is 27.7 Å².